The van der Waals surface area contributed by atoms with Crippen LogP contribution in [0.25, 0.3) is 17.0 Å². The minimum atomic E-state index is -0.0916. The molecule has 2 aliphatic heterocycles. The summed E-state index contributed by atoms with van der Waals surface area (Å²) in [6.07, 6.45) is 16.9. The SMILES string of the molecule is CCCN1/C(=C/C=C2\CCCC(/C=C/C3=[N+](CCC)c4ccccc4C3(C)C)=C2n2cc(-c3ccc(N(C)C)cc3)nn2)C(C)(C)c2ccccc21. The van der Waals surface area contributed by atoms with Crippen molar-refractivity contribution in [1.29, 1.82) is 0 Å². The van der Waals surface area contributed by atoms with Crippen LogP contribution >= 0.6 is 0 Å². The van der Waals surface area contributed by atoms with Gasteiger partial charge in [0.05, 0.1) is 17.3 Å². The summed E-state index contributed by atoms with van der Waals surface area (Å²) in [5.41, 5.74) is 14.8. The van der Waals surface area contributed by atoms with E-state index in [1.807, 2.05) is 4.68 Å². The van der Waals surface area contributed by atoms with Gasteiger partial charge in [-0.2, -0.15) is 4.58 Å². The molecule has 0 bridgehead atoms. The van der Waals surface area contributed by atoms with Gasteiger partial charge < -0.3 is 9.80 Å². The van der Waals surface area contributed by atoms with E-state index in [0.29, 0.717) is 0 Å². The van der Waals surface area contributed by atoms with Gasteiger partial charge in [-0.15, -0.1) is 5.10 Å². The summed E-state index contributed by atoms with van der Waals surface area (Å²) in [6, 6.07) is 26.4. The number of nitrogens with zero attached hydrogens (tertiary/aromatic N) is 6. The molecule has 3 aliphatic rings. The monoisotopic (exact) mass is 691 g/mol. The first-order valence-corrected chi connectivity index (χ1v) is 19.2. The van der Waals surface area contributed by atoms with E-state index < -0.39 is 0 Å². The van der Waals surface area contributed by atoms with Gasteiger partial charge in [0, 0.05) is 72.8 Å². The van der Waals surface area contributed by atoms with Crippen LogP contribution in [0.5, 0.6) is 0 Å². The van der Waals surface area contributed by atoms with Gasteiger partial charge in [-0.1, -0.05) is 93.6 Å². The third kappa shape index (κ3) is 6.27. The van der Waals surface area contributed by atoms with Crippen molar-refractivity contribution < 1.29 is 4.58 Å². The fourth-order valence-corrected chi connectivity index (χ4v) is 8.54. The van der Waals surface area contributed by atoms with Crippen LogP contribution in [0.3, 0.4) is 0 Å². The second kappa shape index (κ2) is 14.2. The molecule has 0 spiro atoms. The van der Waals surface area contributed by atoms with Crippen molar-refractivity contribution in [3.05, 3.63) is 131 Å². The normalized spacial score (nSPS) is 19.3. The lowest BCUT2D eigenvalue weighted by Crippen LogP contribution is -2.28. The molecule has 268 valence electrons. The highest BCUT2D eigenvalue weighted by atomic mass is 15.4. The molecular formula is C46H55N6+. The van der Waals surface area contributed by atoms with Crippen LogP contribution in [0.4, 0.5) is 17.1 Å². The lowest BCUT2D eigenvalue weighted by molar-refractivity contribution is -0.437. The second-order valence-electron chi connectivity index (χ2n) is 15.8. The fraction of sp³-hybridized carbons (Fsp3) is 0.370. The van der Waals surface area contributed by atoms with Crippen LogP contribution in [0.15, 0.2) is 120 Å². The van der Waals surface area contributed by atoms with E-state index in [2.05, 4.69) is 173 Å². The molecule has 0 radical (unpaired) electrons. The maximum atomic E-state index is 4.82. The Hall–Kier alpha value is -4.97. The van der Waals surface area contributed by atoms with Crippen LogP contribution < -0.4 is 9.80 Å². The summed E-state index contributed by atoms with van der Waals surface area (Å²) in [6.45, 7) is 16.0. The summed E-state index contributed by atoms with van der Waals surface area (Å²) >= 11 is 0. The Bertz CT molecular complexity index is 2120. The minimum Gasteiger partial charge on any atom is -0.378 e. The van der Waals surface area contributed by atoms with E-state index in [9.17, 15) is 0 Å². The Morgan fingerprint density at radius 3 is 2.27 bits per heavy atom. The van der Waals surface area contributed by atoms with E-state index in [4.69, 9.17) is 10.3 Å². The molecule has 0 unspecified atom stereocenters. The predicted molar refractivity (Wildman–Crippen MR) is 219 cm³/mol. The Kier molecular flexibility index (Phi) is 9.69. The molecule has 0 fully saturated rings. The maximum Gasteiger partial charge on any atom is 0.209 e. The average Bonchev–Trinajstić information content (AvgIpc) is 3.77. The number of allylic oxidation sites excluding steroid dienone is 8. The standard InChI is InChI=1S/C46H55N6/c1-9-30-50-40-20-13-11-18-37(40)45(3,4)42(50)28-24-34-16-15-17-35(25-29-43-46(5,6)38-19-12-14-21-41(38)51(43)31-10-2)44(34)52-32-39(47-48-52)33-22-26-36(27-23-33)49(7)8/h11-14,18-29,32H,9-10,15-17,30-31H2,1-8H3/q+1. The molecular weight excluding hydrogens is 637 g/mol. The number of anilines is 2. The molecule has 6 nitrogen and oxygen atoms in total. The molecule has 0 atom stereocenters. The van der Waals surface area contributed by atoms with Crippen LogP contribution in [0.1, 0.15) is 84.8 Å². The number of fused-ring (bicyclic) bond motifs is 2. The van der Waals surface area contributed by atoms with Crippen LogP contribution in [0.2, 0.25) is 0 Å². The Balaban J connectivity index is 1.35. The quantitative estimate of drug-likeness (QED) is 0.155. The van der Waals surface area contributed by atoms with Crippen molar-refractivity contribution in [1.82, 2.24) is 15.0 Å². The van der Waals surface area contributed by atoms with E-state index in [-0.39, 0.29) is 10.8 Å². The summed E-state index contributed by atoms with van der Waals surface area (Å²) in [7, 11) is 4.13. The largest absolute Gasteiger partial charge is 0.378 e. The molecule has 1 aromatic heterocycles. The first-order chi connectivity index (χ1) is 25.1. The highest BCUT2D eigenvalue weighted by Gasteiger charge is 2.44. The van der Waals surface area contributed by atoms with Gasteiger partial charge in [-0.3, -0.25) is 0 Å². The number of hydrogen-bond donors (Lipinski definition) is 0. The third-order valence-electron chi connectivity index (χ3n) is 11.3. The smallest absolute Gasteiger partial charge is 0.209 e. The van der Waals surface area contributed by atoms with Gasteiger partial charge in [-0.25, -0.2) is 4.68 Å². The zero-order valence-corrected chi connectivity index (χ0v) is 32.4. The summed E-state index contributed by atoms with van der Waals surface area (Å²) < 4.78 is 4.57. The molecule has 6 heteroatoms. The lowest BCUT2D eigenvalue weighted by atomic mass is 9.81. The van der Waals surface area contributed by atoms with Crippen LogP contribution in [0, 0.1) is 0 Å². The van der Waals surface area contributed by atoms with Crippen molar-refractivity contribution >= 4 is 28.5 Å². The number of hydrogen-bond acceptors (Lipinski definition) is 4. The molecule has 1 aliphatic carbocycles. The zero-order chi connectivity index (χ0) is 36.6. The number of rotatable bonds is 10. The topological polar surface area (TPSA) is 40.2 Å². The minimum absolute atomic E-state index is 0.0916. The number of para-hydroxylation sites is 2. The zero-order valence-electron chi connectivity index (χ0n) is 32.4. The predicted octanol–water partition coefficient (Wildman–Crippen LogP) is 10.5. The van der Waals surface area contributed by atoms with Crippen LogP contribution in [-0.2, 0) is 10.8 Å². The Morgan fingerprint density at radius 1 is 0.808 bits per heavy atom. The molecule has 4 aromatic rings. The maximum absolute atomic E-state index is 4.82. The van der Waals surface area contributed by atoms with Crippen molar-refractivity contribution in [2.24, 2.45) is 0 Å². The highest BCUT2D eigenvalue weighted by molar-refractivity contribution is 6.03. The van der Waals surface area contributed by atoms with Crippen molar-refractivity contribution in [2.45, 2.75) is 84.5 Å². The fourth-order valence-electron chi connectivity index (χ4n) is 8.54. The number of benzene rings is 3. The lowest BCUT2D eigenvalue weighted by Gasteiger charge is -2.27. The van der Waals surface area contributed by atoms with Crippen molar-refractivity contribution in [2.75, 3.05) is 37.0 Å². The van der Waals surface area contributed by atoms with Gasteiger partial charge in [0.25, 0.3) is 0 Å². The molecule has 7 rings (SSSR count). The van der Waals surface area contributed by atoms with Gasteiger partial charge in [0.15, 0.2) is 5.71 Å². The first kappa shape index (κ1) is 35.4. The molecule has 0 N–H and O–H groups in total. The molecule has 3 aromatic carbocycles. The van der Waals surface area contributed by atoms with E-state index in [1.165, 1.54) is 45.1 Å². The van der Waals surface area contributed by atoms with Gasteiger partial charge in [-0.05, 0) is 80.5 Å². The molecule has 0 amide bonds. The average molecular weight is 692 g/mol. The van der Waals surface area contributed by atoms with E-state index >= 15 is 0 Å². The van der Waals surface area contributed by atoms with Gasteiger partial charge in [0.2, 0.25) is 5.69 Å². The third-order valence-corrected chi connectivity index (χ3v) is 11.3. The van der Waals surface area contributed by atoms with Crippen LogP contribution in [-0.4, -0.2) is 52.5 Å². The van der Waals surface area contributed by atoms with E-state index in [0.717, 1.165) is 67.8 Å². The Morgan fingerprint density at radius 2 is 1.54 bits per heavy atom. The summed E-state index contributed by atoms with van der Waals surface area (Å²) in [4.78, 5) is 4.65. The highest BCUT2D eigenvalue weighted by Crippen LogP contribution is 2.48. The molecule has 0 saturated carbocycles. The summed E-state index contributed by atoms with van der Waals surface area (Å²) in [5.74, 6) is 0. The first-order valence-electron chi connectivity index (χ1n) is 19.2. The molecule has 52 heavy (non-hydrogen) atoms. The summed E-state index contributed by atoms with van der Waals surface area (Å²) in [5, 5.41) is 9.55. The van der Waals surface area contributed by atoms with Gasteiger partial charge in [0.1, 0.15) is 12.2 Å². The van der Waals surface area contributed by atoms with Crippen molar-refractivity contribution in [3.63, 3.8) is 0 Å². The van der Waals surface area contributed by atoms with Crippen molar-refractivity contribution in [3.8, 4) is 11.3 Å². The van der Waals surface area contributed by atoms with E-state index in [1.54, 1.807) is 0 Å². The number of aromatic nitrogens is 3. The molecule has 3 heterocycles. The Labute approximate surface area is 311 Å². The second-order valence-corrected chi connectivity index (χ2v) is 15.8. The van der Waals surface area contributed by atoms with Gasteiger partial charge >= 0.3 is 0 Å². The molecule has 0 saturated heterocycles.